The van der Waals surface area contributed by atoms with E-state index < -0.39 is 15.3 Å². The molecule has 4 nitrogen and oxygen atoms in total. The van der Waals surface area contributed by atoms with Gasteiger partial charge in [0.15, 0.2) is 5.25 Å². The highest BCUT2D eigenvalue weighted by Gasteiger charge is 2.23. The number of nitrogens with zero attached hydrogens (tertiary/aromatic N) is 1. The van der Waals surface area contributed by atoms with Crippen molar-refractivity contribution < 1.29 is 8.42 Å². The molecule has 0 aliphatic heterocycles. The molecule has 1 fully saturated rings. The van der Waals surface area contributed by atoms with Crippen LogP contribution in [0.3, 0.4) is 0 Å². The van der Waals surface area contributed by atoms with Gasteiger partial charge in [0, 0.05) is 6.54 Å². The maximum atomic E-state index is 11.6. The molecule has 0 spiro atoms. The van der Waals surface area contributed by atoms with E-state index in [4.69, 9.17) is 5.26 Å². The minimum Gasteiger partial charge on any atom is -0.214 e. The predicted molar refractivity (Wildman–Crippen MR) is 63.2 cm³/mol. The highest BCUT2D eigenvalue weighted by Crippen LogP contribution is 2.26. The normalized spacial score (nSPS) is 19.5. The van der Waals surface area contributed by atoms with Gasteiger partial charge in [-0.25, -0.2) is 13.1 Å². The Bertz CT molecular complexity index is 339. The molecule has 1 rings (SSSR count). The zero-order valence-electron chi connectivity index (χ0n) is 9.78. The lowest BCUT2D eigenvalue weighted by molar-refractivity contribution is 0.494. The zero-order chi connectivity index (χ0) is 12.0. The first-order valence-corrected chi connectivity index (χ1v) is 7.53. The molecule has 1 saturated carbocycles. The summed E-state index contributed by atoms with van der Waals surface area (Å²) >= 11 is 0. The monoisotopic (exact) mass is 244 g/mol. The van der Waals surface area contributed by atoms with Crippen molar-refractivity contribution in [2.75, 3.05) is 6.54 Å². The number of hydrogen-bond donors (Lipinski definition) is 1. The van der Waals surface area contributed by atoms with Crippen molar-refractivity contribution >= 4 is 10.0 Å². The first kappa shape index (κ1) is 13.5. The van der Waals surface area contributed by atoms with Gasteiger partial charge in [-0.05, 0) is 18.8 Å². The molecule has 0 saturated heterocycles. The zero-order valence-corrected chi connectivity index (χ0v) is 10.6. The second kappa shape index (κ2) is 6.21. The summed E-state index contributed by atoms with van der Waals surface area (Å²) in [5, 5.41) is 7.80. The molecule has 0 aromatic carbocycles. The summed E-state index contributed by atoms with van der Waals surface area (Å²) in [4.78, 5) is 0. The summed E-state index contributed by atoms with van der Waals surface area (Å²) in [6.45, 7) is 2.19. The summed E-state index contributed by atoms with van der Waals surface area (Å²) in [6.07, 6.45) is 6.23. The molecule has 92 valence electrons. The van der Waals surface area contributed by atoms with Crippen LogP contribution in [0, 0.1) is 17.2 Å². The summed E-state index contributed by atoms with van der Waals surface area (Å²) in [7, 11) is -3.43. The van der Waals surface area contributed by atoms with Gasteiger partial charge in [-0.2, -0.15) is 5.26 Å². The Hall–Kier alpha value is -0.600. The minimum atomic E-state index is -3.43. The molecule has 0 amide bonds. The van der Waals surface area contributed by atoms with E-state index in [0.717, 1.165) is 6.42 Å². The molecule has 5 heteroatoms. The SMILES string of the molecule is CCC(C#N)S(=O)(=O)NCCC1CCCC1. The van der Waals surface area contributed by atoms with Crippen molar-refractivity contribution in [3.8, 4) is 6.07 Å². The molecule has 0 heterocycles. The standard InChI is InChI=1S/C11H20N2O2S/c1-2-11(9-12)16(14,15)13-8-7-10-5-3-4-6-10/h10-11,13H,2-8H2,1H3. The summed E-state index contributed by atoms with van der Waals surface area (Å²) < 4.78 is 25.8. The van der Waals surface area contributed by atoms with Crippen LogP contribution in [-0.4, -0.2) is 20.2 Å². The fourth-order valence-electron chi connectivity index (χ4n) is 2.19. The van der Waals surface area contributed by atoms with Gasteiger partial charge in [-0.1, -0.05) is 32.6 Å². The Balaban J connectivity index is 2.33. The molecule has 0 aromatic heterocycles. The quantitative estimate of drug-likeness (QED) is 0.774. The third-order valence-electron chi connectivity index (χ3n) is 3.22. The Morgan fingerprint density at radius 3 is 2.56 bits per heavy atom. The van der Waals surface area contributed by atoms with E-state index >= 15 is 0 Å². The number of hydrogen-bond acceptors (Lipinski definition) is 3. The minimum absolute atomic E-state index is 0.343. The summed E-state index contributed by atoms with van der Waals surface area (Å²) in [5.74, 6) is 0.671. The summed E-state index contributed by atoms with van der Waals surface area (Å²) in [6, 6.07) is 1.82. The van der Waals surface area contributed by atoms with Crippen molar-refractivity contribution in [1.82, 2.24) is 4.72 Å². The van der Waals surface area contributed by atoms with Gasteiger partial charge in [-0.3, -0.25) is 0 Å². The average molecular weight is 244 g/mol. The molecule has 0 aromatic rings. The van der Waals surface area contributed by atoms with Crippen molar-refractivity contribution in [3.63, 3.8) is 0 Å². The van der Waals surface area contributed by atoms with E-state index in [0.29, 0.717) is 18.9 Å². The van der Waals surface area contributed by atoms with Gasteiger partial charge in [0.25, 0.3) is 0 Å². The maximum absolute atomic E-state index is 11.6. The topological polar surface area (TPSA) is 70.0 Å². The molecule has 1 unspecified atom stereocenters. The first-order valence-electron chi connectivity index (χ1n) is 5.98. The van der Waals surface area contributed by atoms with E-state index in [1.54, 1.807) is 6.92 Å². The van der Waals surface area contributed by atoms with Crippen LogP contribution < -0.4 is 4.72 Å². The molecule has 1 aliphatic rings. The van der Waals surface area contributed by atoms with Crippen molar-refractivity contribution in [2.45, 2.75) is 50.7 Å². The second-order valence-corrected chi connectivity index (χ2v) is 6.35. The molecule has 16 heavy (non-hydrogen) atoms. The van der Waals surface area contributed by atoms with Crippen LogP contribution in [0.1, 0.15) is 45.4 Å². The van der Waals surface area contributed by atoms with Crippen LogP contribution in [0.4, 0.5) is 0 Å². The largest absolute Gasteiger partial charge is 0.227 e. The number of nitriles is 1. The van der Waals surface area contributed by atoms with Gasteiger partial charge in [0.1, 0.15) is 0 Å². The summed E-state index contributed by atoms with van der Waals surface area (Å²) in [5.41, 5.74) is 0. The average Bonchev–Trinajstić information content (AvgIpc) is 2.71. The third-order valence-corrected chi connectivity index (χ3v) is 5.01. The van der Waals surface area contributed by atoms with Crippen molar-refractivity contribution in [2.24, 2.45) is 5.92 Å². The smallest absolute Gasteiger partial charge is 0.214 e. The van der Waals surface area contributed by atoms with Gasteiger partial charge in [-0.15, -0.1) is 0 Å². The number of nitrogens with one attached hydrogen (secondary N) is 1. The van der Waals surface area contributed by atoms with Crippen LogP contribution in [0.25, 0.3) is 0 Å². The molecular formula is C11H20N2O2S. The molecular weight excluding hydrogens is 224 g/mol. The fourth-order valence-corrected chi connectivity index (χ4v) is 3.37. The Morgan fingerprint density at radius 2 is 2.06 bits per heavy atom. The third kappa shape index (κ3) is 3.76. The van der Waals surface area contributed by atoms with E-state index in [1.165, 1.54) is 25.7 Å². The number of rotatable bonds is 6. The van der Waals surface area contributed by atoms with E-state index in [1.807, 2.05) is 6.07 Å². The Morgan fingerprint density at radius 1 is 1.44 bits per heavy atom. The molecule has 1 aliphatic carbocycles. The molecule has 0 radical (unpaired) electrons. The maximum Gasteiger partial charge on any atom is 0.227 e. The van der Waals surface area contributed by atoms with Gasteiger partial charge in [0.05, 0.1) is 6.07 Å². The van der Waals surface area contributed by atoms with Crippen molar-refractivity contribution in [3.05, 3.63) is 0 Å². The molecule has 1 atom stereocenters. The molecule has 1 N–H and O–H groups in total. The Kier molecular flexibility index (Phi) is 5.23. The van der Waals surface area contributed by atoms with Crippen LogP contribution in [0.5, 0.6) is 0 Å². The van der Waals surface area contributed by atoms with Crippen molar-refractivity contribution in [1.29, 1.82) is 5.26 Å². The molecule has 0 bridgehead atoms. The fraction of sp³-hybridized carbons (Fsp3) is 0.909. The van der Waals surface area contributed by atoms with Gasteiger partial charge in [0.2, 0.25) is 10.0 Å². The van der Waals surface area contributed by atoms with Crippen LogP contribution in [0.2, 0.25) is 0 Å². The highest BCUT2D eigenvalue weighted by atomic mass is 32.2. The lowest BCUT2D eigenvalue weighted by Crippen LogP contribution is -2.34. The first-order chi connectivity index (χ1) is 7.60. The van der Waals surface area contributed by atoms with E-state index in [2.05, 4.69) is 4.72 Å². The lowest BCUT2D eigenvalue weighted by atomic mass is 10.1. The van der Waals surface area contributed by atoms with Crippen LogP contribution in [0.15, 0.2) is 0 Å². The highest BCUT2D eigenvalue weighted by molar-refractivity contribution is 7.90. The van der Waals surface area contributed by atoms with Crippen LogP contribution >= 0.6 is 0 Å². The predicted octanol–water partition coefficient (Wildman–Crippen LogP) is 1.79. The lowest BCUT2D eigenvalue weighted by Gasteiger charge is -2.12. The van der Waals surface area contributed by atoms with E-state index in [9.17, 15) is 8.42 Å². The van der Waals surface area contributed by atoms with Gasteiger partial charge >= 0.3 is 0 Å². The Labute approximate surface area is 98.1 Å². The second-order valence-electron chi connectivity index (χ2n) is 4.40. The van der Waals surface area contributed by atoms with Crippen LogP contribution in [-0.2, 0) is 10.0 Å². The van der Waals surface area contributed by atoms with E-state index in [-0.39, 0.29) is 0 Å². The van der Waals surface area contributed by atoms with Gasteiger partial charge < -0.3 is 0 Å². The number of sulfonamides is 1.